The van der Waals surface area contributed by atoms with E-state index < -0.39 is 0 Å². The van der Waals surface area contributed by atoms with Gasteiger partial charge in [-0.3, -0.25) is 0 Å². The van der Waals surface area contributed by atoms with Crippen molar-refractivity contribution in [2.75, 3.05) is 23.7 Å². The van der Waals surface area contributed by atoms with Crippen LogP contribution in [-0.2, 0) is 0 Å². The van der Waals surface area contributed by atoms with Gasteiger partial charge < -0.3 is 16.4 Å². The van der Waals surface area contributed by atoms with Gasteiger partial charge in [0, 0.05) is 24.0 Å². The Labute approximate surface area is 149 Å². The van der Waals surface area contributed by atoms with Crippen LogP contribution in [0.4, 0.5) is 11.6 Å². The summed E-state index contributed by atoms with van der Waals surface area (Å²) < 4.78 is 0. The van der Waals surface area contributed by atoms with Crippen molar-refractivity contribution in [1.29, 1.82) is 0 Å². The van der Waals surface area contributed by atoms with E-state index in [1.165, 1.54) is 11.8 Å². The molecule has 1 fully saturated rings. The molecule has 0 radical (unpaired) electrons. The van der Waals surface area contributed by atoms with Crippen LogP contribution >= 0.6 is 35.0 Å². The summed E-state index contributed by atoms with van der Waals surface area (Å²) in [5.41, 5.74) is 12.0. The van der Waals surface area contributed by atoms with Crippen LogP contribution in [0.25, 0.3) is 0 Å². The Balaban J connectivity index is 1.78. The first-order valence-corrected chi connectivity index (χ1v) is 8.86. The summed E-state index contributed by atoms with van der Waals surface area (Å²) >= 11 is 13.6. The Bertz CT molecular complexity index is 704. The summed E-state index contributed by atoms with van der Waals surface area (Å²) in [5.74, 6) is 1.18. The molecule has 1 aromatic carbocycles. The van der Waals surface area contributed by atoms with Crippen molar-refractivity contribution in [3.63, 3.8) is 0 Å². The minimum Gasteiger partial charge on any atom is -0.381 e. The highest BCUT2D eigenvalue weighted by atomic mass is 35.5. The first-order chi connectivity index (χ1) is 11.0. The maximum Gasteiger partial charge on any atom is 0.158 e. The van der Waals surface area contributed by atoms with Crippen LogP contribution in [-0.4, -0.2) is 29.1 Å². The van der Waals surface area contributed by atoms with E-state index in [1.54, 1.807) is 12.3 Å². The Morgan fingerprint density at radius 1 is 1.22 bits per heavy atom. The third kappa shape index (κ3) is 3.83. The number of nitrogen functional groups attached to an aromatic ring is 1. The normalized spacial score (nSPS) is 15.9. The second kappa shape index (κ2) is 7.13. The van der Waals surface area contributed by atoms with Crippen molar-refractivity contribution in [2.45, 2.75) is 28.8 Å². The Morgan fingerprint density at radius 2 is 1.96 bits per heavy atom. The molecule has 0 unspecified atom stereocenters. The molecular formula is C15H17Cl2N5S. The average Bonchev–Trinajstić information content (AvgIpc) is 2.54. The second-order valence-electron chi connectivity index (χ2n) is 5.40. The van der Waals surface area contributed by atoms with Gasteiger partial charge in [0.1, 0.15) is 10.8 Å². The van der Waals surface area contributed by atoms with Crippen molar-refractivity contribution >= 4 is 46.6 Å². The molecule has 0 bridgehead atoms. The Kier molecular flexibility index (Phi) is 5.16. The predicted octanol–water partition coefficient (Wildman–Crippen LogP) is 3.44. The number of rotatable bonds is 3. The van der Waals surface area contributed by atoms with Crippen molar-refractivity contribution in [3.05, 3.63) is 34.4 Å². The van der Waals surface area contributed by atoms with E-state index in [0.717, 1.165) is 36.6 Å². The van der Waals surface area contributed by atoms with Crippen LogP contribution in [0, 0.1) is 0 Å². The van der Waals surface area contributed by atoms with Gasteiger partial charge in [0.2, 0.25) is 0 Å². The lowest BCUT2D eigenvalue weighted by molar-refractivity contribution is 0.498. The molecule has 0 atom stereocenters. The summed E-state index contributed by atoms with van der Waals surface area (Å²) in [5, 5.41) is 1.62. The molecule has 3 rings (SSSR count). The van der Waals surface area contributed by atoms with E-state index in [-0.39, 0.29) is 6.04 Å². The lowest BCUT2D eigenvalue weighted by atomic mass is 10.1. The number of aromatic nitrogens is 2. The molecule has 1 aliphatic heterocycles. The van der Waals surface area contributed by atoms with Crippen molar-refractivity contribution in [2.24, 2.45) is 5.73 Å². The fourth-order valence-corrected chi connectivity index (χ4v) is 3.69. The van der Waals surface area contributed by atoms with Gasteiger partial charge in [0.15, 0.2) is 5.82 Å². The van der Waals surface area contributed by atoms with Gasteiger partial charge in [-0.2, -0.15) is 0 Å². The lowest BCUT2D eigenvalue weighted by Crippen LogP contribution is -2.40. The average molecular weight is 370 g/mol. The van der Waals surface area contributed by atoms with Gasteiger partial charge in [0.05, 0.1) is 16.2 Å². The van der Waals surface area contributed by atoms with Crippen LogP contribution in [0.1, 0.15) is 12.8 Å². The smallest absolute Gasteiger partial charge is 0.158 e. The molecule has 0 amide bonds. The standard InChI is InChI=1S/C15H17Cl2N5S/c16-10-2-1-3-11(13(10)17)23-15-14(19)21-12(8-20-15)22-6-4-9(18)5-7-22/h1-3,8-9H,4-7,18H2,(H2,19,21). The number of anilines is 2. The molecule has 0 aliphatic carbocycles. The Hall–Kier alpha value is -1.21. The fraction of sp³-hybridized carbons (Fsp3) is 0.333. The number of nitrogens with zero attached hydrogens (tertiary/aromatic N) is 3. The van der Waals surface area contributed by atoms with Gasteiger partial charge >= 0.3 is 0 Å². The van der Waals surface area contributed by atoms with Crippen LogP contribution in [0.15, 0.2) is 34.3 Å². The van der Waals surface area contributed by atoms with Crippen LogP contribution in [0.3, 0.4) is 0 Å². The maximum absolute atomic E-state index is 6.20. The minimum absolute atomic E-state index is 0.274. The molecule has 1 aliphatic rings. The molecule has 4 N–H and O–H groups in total. The van der Waals surface area contributed by atoms with Gasteiger partial charge in [-0.05, 0) is 25.0 Å². The van der Waals surface area contributed by atoms with Crippen molar-refractivity contribution in [3.8, 4) is 0 Å². The van der Waals surface area contributed by atoms with E-state index in [0.29, 0.717) is 20.9 Å². The minimum atomic E-state index is 0.274. The third-order valence-corrected chi connectivity index (χ3v) is 5.74. The number of hydrogen-bond acceptors (Lipinski definition) is 6. The number of halogens is 2. The zero-order chi connectivity index (χ0) is 16.4. The molecule has 0 saturated carbocycles. The molecule has 2 heterocycles. The lowest BCUT2D eigenvalue weighted by Gasteiger charge is -2.30. The molecule has 1 saturated heterocycles. The Morgan fingerprint density at radius 3 is 2.65 bits per heavy atom. The van der Waals surface area contributed by atoms with Crippen LogP contribution in [0.2, 0.25) is 10.0 Å². The molecular weight excluding hydrogens is 353 g/mol. The molecule has 2 aromatic rings. The third-order valence-electron chi connectivity index (χ3n) is 3.74. The first kappa shape index (κ1) is 16.6. The summed E-state index contributed by atoms with van der Waals surface area (Å²) in [4.78, 5) is 11.9. The fourth-order valence-electron chi connectivity index (χ4n) is 2.41. The monoisotopic (exact) mass is 369 g/mol. The van der Waals surface area contributed by atoms with Crippen LogP contribution < -0.4 is 16.4 Å². The van der Waals surface area contributed by atoms with E-state index >= 15 is 0 Å². The topological polar surface area (TPSA) is 81.1 Å². The zero-order valence-corrected chi connectivity index (χ0v) is 14.7. The van der Waals surface area contributed by atoms with Crippen molar-refractivity contribution in [1.82, 2.24) is 9.97 Å². The quantitative estimate of drug-likeness (QED) is 0.862. The molecule has 5 nitrogen and oxygen atoms in total. The number of benzene rings is 1. The maximum atomic E-state index is 6.20. The van der Waals surface area contributed by atoms with Crippen LogP contribution in [0.5, 0.6) is 0 Å². The molecule has 122 valence electrons. The molecule has 8 heteroatoms. The van der Waals surface area contributed by atoms with E-state index in [2.05, 4.69) is 14.9 Å². The van der Waals surface area contributed by atoms with Gasteiger partial charge in [-0.25, -0.2) is 9.97 Å². The summed E-state index contributed by atoms with van der Waals surface area (Å²) in [6, 6.07) is 5.73. The molecule has 0 spiro atoms. The summed E-state index contributed by atoms with van der Waals surface area (Å²) in [6.45, 7) is 1.75. The summed E-state index contributed by atoms with van der Waals surface area (Å²) in [6.07, 6.45) is 3.65. The van der Waals surface area contributed by atoms with Gasteiger partial charge in [-0.15, -0.1) is 0 Å². The first-order valence-electron chi connectivity index (χ1n) is 7.29. The SMILES string of the molecule is Nc1nc(N2CCC(N)CC2)cnc1Sc1cccc(Cl)c1Cl. The highest BCUT2D eigenvalue weighted by Gasteiger charge is 2.19. The highest BCUT2D eigenvalue weighted by Crippen LogP contribution is 2.38. The number of nitrogens with two attached hydrogens (primary N) is 2. The summed E-state index contributed by atoms with van der Waals surface area (Å²) in [7, 11) is 0. The number of hydrogen-bond donors (Lipinski definition) is 2. The molecule has 1 aromatic heterocycles. The van der Waals surface area contributed by atoms with Crippen molar-refractivity contribution < 1.29 is 0 Å². The highest BCUT2D eigenvalue weighted by molar-refractivity contribution is 7.99. The van der Waals surface area contributed by atoms with E-state index in [4.69, 9.17) is 34.7 Å². The van der Waals surface area contributed by atoms with E-state index in [9.17, 15) is 0 Å². The molecule has 23 heavy (non-hydrogen) atoms. The van der Waals surface area contributed by atoms with Gasteiger partial charge in [-0.1, -0.05) is 41.0 Å². The van der Waals surface area contributed by atoms with E-state index in [1.807, 2.05) is 12.1 Å². The largest absolute Gasteiger partial charge is 0.381 e. The predicted molar refractivity (Wildman–Crippen MR) is 96.5 cm³/mol. The number of piperidine rings is 1. The zero-order valence-electron chi connectivity index (χ0n) is 12.4. The van der Waals surface area contributed by atoms with Gasteiger partial charge in [0.25, 0.3) is 0 Å². The second-order valence-corrected chi connectivity index (χ2v) is 7.21.